The number of aromatic nitrogens is 2. The van der Waals surface area contributed by atoms with Crippen molar-refractivity contribution in [3.8, 4) is 17.5 Å². The summed E-state index contributed by atoms with van der Waals surface area (Å²) in [7, 11) is 1.52. The zero-order valence-corrected chi connectivity index (χ0v) is 10.9. The topological polar surface area (TPSA) is 70.3 Å². The first-order chi connectivity index (χ1) is 9.78. The van der Waals surface area contributed by atoms with Crippen LogP contribution in [0.25, 0.3) is 10.9 Å². The van der Waals surface area contributed by atoms with Crippen molar-refractivity contribution in [1.82, 2.24) is 9.97 Å². The van der Waals surface area contributed by atoms with E-state index in [9.17, 15) is 0 Å². The molecule has 2 heterocycles. The Labute approximate surface area is 116 Å². The van der Waals surface area contributed by atoms with Gasteiger partial charge < -0.3 is 15.2 Å². The molecule has 0 aliphatic carbocycles. The molecule has 2 N–H and O–H groups in total. The highest BCUT2D eigenvalue weighted by Crippen LogP contribution is 2.29. The first-order valence-corrected chi connectivity index (χ1v) is 6.10. The summed E-state index contributed by atoms with van der Waals surface area (Å²) in [5.74, 6) is 1.40. The van der Waals surface area contributed by atoms with E-state index in [-0.39, 0.29) is 0 Å². The molecule has 0 aliphatic rings. The fourth-order valence-corrected chi connectivity index (χ4v) is 1.93. The Morgan fingerprint density at radius 1 is 1.05 bits per heavy atom. The first-order valence-electron chi connectivity index (χ1n) is 6.10. The minimum absolute atomic E-state index is 0.343. The highest BCUT2D eigenvalue weighted by Gasteiger charge is 2.08. The lowest BCUT2D eigenvalue weighted by Crippen LogP contribution is -1.97. The number of nitrogen functional groups attached to an aromatic ring is 1. The third-order valence-electron chi connectivity index (χ3n) is 2.87. The third kappa shape index (κ3) is 2.21. The van der Waals surface area contributed by atoms with Gasteiger partial charge >= 0.3 is 0 Å². The molecule has 1 aromatic carbocycles. The zero-order chi connectivity index (χ0) is 13.9. The van der Waals surface area contributed by atoms with Crippen LogP contribution in [0.1, 0.15) is 0 Å². The van der Waals surface area contributed by atoms with Gasteiger partial charge in [-0.1, -0.05) is 18.2 Å². The van der Waals surface area contributed by atoms with E-state index in [1.165, 1.54) is 7.11 Å². The predicted molar refractivity (Wildman–Crippen MR) is 77.0 cm³/mol. The molecule has 0 unspecified atom stereocenters. The number of methoxy groups -OCH3 is 1. The molecule has 0 radical (unpaired) electrons. The van der Waals surface area contributed by atoms with E-state index in [4.69, 9.17) is 15.2 Å². The van der Waals surface area contributed by atoms with Gasteiger partial charge in [0.25, 0.3) is 0 Å². The second-order valence-corrected chi connectivity index (χ2v) is 4.18. The monoisotopic (exact) mass is 267 g/mol. The molecular weight excluding hydrogens is 254 g/mol. The van der Waals surface area contributed by atoms with Gasteiger partial charge in [-0.2, -0.15) is 4.98 Å². The van der Waals surface area contributed by atoms with Crippen LogP contribution in [0.15, 0.2) is 48.7 Å². The average molecular weight is 267 g/mol. The fourth-order valence-electron chi connectivity index (χ4n) is 1.93. The van der Waals surface area contributed by atoms with Crippen LogP contribution in [0.4, 0.5) is 5.69 Å². The lowest BCUT2D eigenvalue weighted by atomic mass is 10.2. The summed E-state index contributed by atoms with van der Waals surface area (Å²) < 4.78 is 10.9. The Kier molecular flexibility index (Phi) is 3.09. The standard InChI is InChI=1S/C15H13N3O2/c1-19-15-11(16)7-8-13(18-15)20-12-6-2-4-10-5-3-9-17-14(10)12/h2-9H,16H2,1H3. The molecule has 100 valence electrons. The number of fused-ring (bicyclic) bond motifs is 1. The SMILES string of the molecule is COc1nc(Oc2cccc3cccnc23)ccc1N. The van der Waals surface area contributed by atoms with Crippen molar-refractivity contribution in [3.05, 3.63) is 48.7 Å². The maximum atomic E-state index is 5.78. The van der Waals surface area contributed by atoms with Gasteiger partial charge in [0.15, 0.2) is 5.75 Å². The Hall–Kier alpha value is -2.82. The zero-order valence-electron chi connectivity index (χ0n) is 10.9. The van der Waals surface area contributed by atoms with Crippen LogP contribution in [0.2, 0.25) is 0 Å². The van der Waals surface area contributed by atoms with Crippen LogP contribution >= 0.6 is 0 Å². The van der Waals surface area contributed by atoms with E-state index in [0.29, 0.717) is 23.2 Å². The molecule has 0 atom stereocenters. The molecule has 3 aromatic rings. The molecular formula is C15H13N3O2. The minimum atomic E-state index is 0.343. The van der Waals surface area contributed by atoms with Crippen LogP contribution in [-0.2, 0) is 0 Å². The van der Waals surface area contributed by atoms with Crippen molar-refractivity contribution >= 4 is 16.6 Å². The van der Waals surface area contributed by atoms with Crippen molar-refractivity contribution < 1.29 is 9.47 Å². The van der Waals surface area contributed by atoms with Gasteiger partial charge in [-0.05, 0) is 18.2 Å². The second-order valence-electron chi connectivity index (χ2n) is 4.18. The molecule has 0 amide bonds. The van der Waals surface area contributed by atoms with Gasteiger partial charge in [0.1, 0.15) is 5.52 Å². The average Bonchev–Trinajstić information content (AvgIpc) is 2.49. The summed E-state index contributed by atoms with van der Waals surface area (Å²) in [5.41, 5.74) is 6.98. The van der Waals surface area contributed by atoms with Gasteiger partial charge in [-0.15, -0.1) is 0 Å². The first kappa shape index (κ1) is 12.2. The lowest BCUT2D eigenvalue weighted by molar-refractivity contribution is 0.386. The lowest BCUT2D eigenvalue weighted by Gasteiger charge is -2.09. The quantitative estimate of drug-likeness (QED) is 0.789. The van der Waals surface area contributed by atoms with E-state index in [1.807, 2.05) is 30.3 Å². The van der Waals surface area contributed by atoms with Crippen molar-refractivity contribution in [2.45, 2.75) is 0 Å². The number of ether oxygens (including phenoxy) is 2. The normalized spacial score (nSPS) is 10.4. The molecule has 5 heteroatoms. The van der Waals surface area contributed by atoms with Gasteiger partial charge in [0, 0.05) is 17.6 Å². The molecule has 3 rings (SSSR count). The largest absolute Gasteiger partial charge is 0.479 e. The summed E-state index contributed by atoms with van der Waals surface area (Å²) in [4.78, 5) is 8.52. The molecule has 0 fully saturated rings. The Balaban J connectivity index is 2.01. The molecule has 0 saturated heterocycles. The van der Waals surface area contributed by atoms with Crippen LogP contribution in [0.3, 0.4) is 0 Å². The number of rotatable bonds is 3. The third-order valence-corrected chi connectivity index (χ3v) is 2.87. The Morgan fingerprint density at radius 2 is 1.90 bits per heavy atom. The number of pyridine rings is 2. The number of anilines is 1. The molecule has 0 aliphatic heterocycles. The summed E-state index contributed by atoms with van der Waals surface area (Å²) >= 11 is 0. The van der Waals surface area contributed by atoms with Gasteiger partial charge in [-0.3, -0.25) is 4.98 Å². The van der Waals surface area contributed by atoms with Crippen molar-refractivity contribution in [3.63, 3.8) is 0 Å². The van der Waals surface area contributed by atoms with Crippen molar-refractivity contribution in [2.75, 3.05) is 12.8 Å². The number of hydrogen-bond acceptors (Lipinski definition) is 5. The molecule has 0 spiro atoms. The smallest absolute Gasteiger partial charge is 0.240 e. The Morgan fingerprint density at radius 3 is 2.75 bits per heavy atom. The van der Waals surface area contributed by atoms with E-state index >= 15 is 0 Å². The van der Waals surface area contributed by atoms with E-state index in [2.05, 4.69) is 9.97 Å². The van der Waals surface area contributed by atoms with Crippen LogP contribution in [0.5, 0.6) is 17.5 Å². The van der Waals surface area contributed by atoms with Crippen LogP contribution in [0, 0.1) is 0 Å². The number of nitrogens with zero attached hydrogens (tertiary/aromatic N) is 2. The predicted octanol–water partition coefficient (Wildman–Crippen LogP) is 3.01. The molecule has 0 saturated carbocycles. The van der Waals surface area contributed by atoms with Gasteiger partial charge in [0.05, 0.1) is 12.8 Å². The number of hydrogen-bond donors (Lipinski definition) is 1. The number of nitrogens with two attached hydrogens (primary N) is 1. The summed E-state index contributed by atoms with van der Waals surface area (Å²) in [6, 6.07) is 13.0. The highest BCUT2D eigenvalue weighted by molar-refractivity contribution is 5.84. The number of benzene rings is 1. The van der Waals surface area contributed by atoms with E-state index in [0.717, 1.165) is 10.9 Å². The molecule has 20 heavy (non-hydrogen) atoms. The molecule has 2 aromatic heterocycles. The maximum absolute atomic E-state index is 5.78. The van der Waals surface area contributed by atoms with Crippen LogP contribution < -0.4 is 15.2 Å². The number of para-hydroxylation sites is 1. The van der Waals surface area contributed by atoms with Crippen molar-refractivity contribution in [2.24, 2.45) is 0 Å². The second kappa shape index (κ2) is 5.05. The van der Waals surface area contributed by atoms with E-state index in [1.54, 1.807) is 18.3 Å². The Bertz CT molecular complexity index is 754. The molecule has 5 nitrogen and oxygen atoms in total. The van der Waals surface area contributed by atoms with Gasteiger partial charge in [0.2, 0.25) is 11.8 Å². The van der Waals surface area contributed by atoms with Crippen LogP contribution in [-0.4, -0.2) is 17.1 Å². The molecule has 0 bridgehead atoms. The van der Waals surface area contributed by atoms with Gasteiger partial charge in [-0.25, -0.2) is 0 Å². The summed E-state index contributed by atoms with van der Waals surface area (Å²) in [6.45, 7) is 0. The van der Waals surface area contributed by atoms with E-state index < -0.39 is 0 Å². The highest BCUT2D eigenvalue weighted by atomic mass is 16.5. The fraction of sp³-hybridized carbons (Fsp3) is 0.0667. The van der Waals surface area contributed by atoms with Crippen molar-refractivity contribution in [1.29, 1.82) is 0 Å². The maximum Gasteiger partial charge on any atom is 0.240 e. The summed E-state index contributed by atoms with van der Waals surface area (Å²) in [6.07, 6.45) is 1.73. The minimum Gasteiger partial charge on any atom is -0.479 e. The summed E-state index contributed by atoms with van der Waals surface area (Å²) in [5, 5.41) is 1.01.